The van der Waals surface area contributed by atoms with E-state index in [1.54, 1.807) is 6.20 Å². The maximum absolute atomic E-state index is 12.4. The van der Waals surface area contributed by atoms with E-state index in [4.69, 9.17) is 4.74 Å². The minimum Gasteiger partial charge on any atom is -0.366 e. The molecule has 2 aliphatic rings. The summed E-state index contributed by atoms with van der Waals surface area (Å²) in [7, 11) is 0. The van der Waals surface area contributed by atoms with Gasteiger partial charge in [0, 0.05) is 67.0 Å². The first kappa shape index (κ1) is 18.0. The molecule has 0 radical (unpaired) electrons. The highest BCUT2D eigenvalue weighted by atomic mass is 32.2. The van der Waals surface area contributed by atoms with Crippen LogP contribution in [0.3, 0.4) is 0 Å². The van der Waals surface area contributed by atoms with Gasteiger partial charge in [-0.15, -0.1) is 0 Å². The first-order valence-electron chi connectivity index (χ1n) is 8.51. The molecular weight excluding hydrogens is 342 g/mol. The fraction of sp³-hybridized carbons (Fsp3) is 0.647. The van der Waals surface area contributed by atoms with Gasteiger partial charge < -0.3 is 10.1 Å². The summed E-state index contributed by atoms with van der Waals surface area (Å²) in [5.74, 6) is 4.82. The Morgan fingerprint density at radius 3 is 2.92 bits per heavy atom. The lowest BCUT2D eigenvalue weighted by atomic mass is 10.2. The summed E-state index contributed by atoms with van der Waals surface area (Å²) in [5.41, 5.74) is 0.997. The van der Waals surface area contributed by atoms with E-state index in [9.17, 15) is 4.79 Å². The zero-order valence-electron chi connectivity index (χ0n) is 13.9. The molecule has 0 aromatic carbocycles. The molecule has 2 fully saturated rings. The van der Waals surface area contributed by atoms with Gasteiger partial charge in [0.25, 0.3) is 0 Å². The molecule has 1 aromatic rings. The Bertz CT molecular complexity index is 510. The summed E-state index contributed by atoms with van der Waals surface area (Å²) in [6.45, 7) is 2.89. The monoisotopic (exact) mass is 367 g/mol. The van der Waals surface area contributed by atoms with Crippen LogP contribution < -0.4 is 5.32 Å². The lowest BCUT2D eigenvalue weighted by Gasteiger charge is -2.37. The van der Waals surface area contributed by atoms with Crippen LogP contribution in [0.5, 0.6) is 0 Å². The third kappa shape index (κ3) is 5.37. The predicted molar refractivity (Wildman–Crippen MR) is 101 cm³/mol. The first-order chi connectivity index (χ1) is 11.8. The van der Waals surface area contributed by atoms with Gasteiger partial charge in [0.1, 0.15) is 6.10 Å². The smallest absolute Gasteiger partial charge is 0.250 e. The highest BCUT2D eigenvalue weighted by molar-refractivity contribution is 8.03. The van der Waals surface area contributed by atoms with Crippen molar-refractivity contribution in [3.05, 3.63) is 30.1 Å². The van der Waals surface area contributed by atoms with Crippen LogP contribution in [0.1, 0.15) is 5.69 Å². The highest BCUT2D eigenvalue weighted by Crippen LogP contribution is 2.22. The van der Waals surface area contributed by atoms with E-state index < -0.39 is 0 Å². The molecule has 0 spiro atoms. The summed E-state index contributed by atoms with van der Waals surface area (Å²) in [5, 5.41) is 3.00. The van der Waals surface area contributed by atoms with Crippen molar-refractivity contribution in [2.75, 3.05) is 49.3 Å². The minimum absolute atomic E-state index is 0.00422. The minimum atomic E-state index is -0.347. The summed E-state index contributed by atoms with van der Waals surface area (Å²) in [4.78, 5) is 19.1. The van der Waals surface area contributed by atoms with Gasteiger partial charge in [0.15, 0.2) is 0 Å². The van der Waals surface area contributed by atoms with E-state index in [1.165, 1.54) is 23.0 Å². The van der Waals surface area contributed by atoms with Crippen molar-refractivity contribution >= 4 is 29.4 Å². The number of hydrogen-bond donors (Lipinski definition) is 1. The number of pyridine rings is 1. The Balaban J connectivity index is 1.44. The zero-order chi connectivity index (χ0) is 16.6. The van der Waals surface area contributed by atoms with Gasteiger partial charge >= 0.3 is 0 Å². The van der Waals surface area contributed by atoms with Gasteiger partial charge in [-0.05, 0) is 12.1 Å². The molecule has 2 saturated heterocycles. The third-order valence-corrected chi connectivity index (χ3v) is 6.79. The standard InChI is InChI=1S/C17H25N3O2S2/c21-17(19-6-4-14-3-1-2-5-18-14)16-11-20(7-8-22-16)15-12-23-9-10-24-13-15/h1-3,5,15-16H,4,6-13H2,(H,19,21)/t16-/m1/s1. The average Bonchev–Trinajstić information content (AvgIpc) is 2.92. The van der Waals surface area contributed by atoms with Crippen molar-refractivity contribution in [1.29, 1.82) is 0 Å². The molecule has 1 atom stereocenters. The second-order valence-corrected chi connectivity index (χ2v) is 8.32. The number of carbonyl (C=O) groups excluding carboxylic acids is 1. The largest absolute Gasteiger partial charge is 0.366 e. The molecule has 0 aliphatic carbocycles. The second kappa shape index (κ2) is 9.65. The highest BCUT2D eigenvalue weighted by Gasteiger charge is 2.30. The molecule has 2 aliphatic heterocycles. The van der Waals surface area contributed by atoms with Crippen LogP contribution in [0, 0.1) is 0 Å². The summed E-state index contributed by atoms with van der Waals surface area (Å²) in [6, 6.07) is 6.41. The van der Waals surface area contributed by atoms with E-state index in [-0.39, 0.29) is 12.0 Å². The SMILES string of the molecule is O=C(NCCc1ccccn1)[C@H]1CN(C2CSCCSC2)CCO1. The summed E-state index contributed by atoms with van der Waals surface area (Å²) >= 11 is 4.06. The van der Waals surface area contributed by atoms with Crippen molar-refractivity contribution in [2.45, 2.75) is 18.6 Å². The van der Waals surface area contributed by atoms with Gasteiger partial charge in [-0.2, -0.15) is 23.5 Å². The van der Waals surface area contributed by atoms with Crippen LogP contribution in [-0.2, 0) is 16.0 Å². The fourth-order valence-electron chi connectivity index (χ4n) is 2.95. The number of nitrogens with one attached hydrogen (secondary N) is 1. The third-order valence-electron chi connectivity index (χ3n) is 4.31. The van der Waals surface area contributed by atoms with Crippen LogP contribution in [0.15, 0.2) is 24.4 Å². The van der Waals surface area contributed by atoms with E-state index in [0.717, 1.165) is 18.7 Å². The van der Waals surface area contributed by atoms with E-state index in [0.29, 0.717) is 25.7 Å². The molecule has 0 saturated carbocycles. The quantitative estimate of drug-likeness (QED) is 0.846. The molecule has 1 aromatic heterocycles. The van der Waals surface area contributed by atoms with E-state index >= 15 is 0 Å². The van der Waals surface area contributed by atoms with Crippen molar-refractivity contribution in [3.8, 4) is 0 Å². The molecule has 3 rings (SSSR count). The topological polar surface area (TPSA) is 54.5 Å². The Kier molecular flexibility index (Phi) is 7.26. The molecule has 5 nitrogen and oxygen atoms in total. The van der Waals surface area contributed by atoms with Gasteiger partial charge in [-0.3, -0.25) is 14.7 Å². The van der Waals surface area contributed by atoms with Crippen molar-refractivity contribution in [1.82, 2.24) is 15.2 Å². The molecule has 0 bridgehead atoms. The number of rotatable bonds is 5. The van der Waals surface area contributed by atoms with Crippen molar-refractivity contribution in [2.24, 2.45) is 0 Å². The normalized spacial score (nSPS) is 23.6. The average molecular weight is 368 g/mol. The van der Waals surface area contributed by atoms with Gasteiger partial charge in [-0.25, -0.2) is 0 Å². The Morgan fingerprint density at radius 1 is 1.33 bits per heavy atom. The number of ether oxygens (including phenoxy) is 1. The number of morpholine rings is 1. The van der Waals surface area contributed by atoms with Crippen LogP contribution in [0.2, 0.25) is 0 Å². The maximum Gasteiger partial charge on any atom is 0.250 e. The van der Waals surface area contributed by atoms with Crippen LogP contribution in [0.25, 0.3) is 0 Å². The molecular formula is C17H25N3O2S2. The summed E-state index contributed by atoms with van der Waals surface area (Å²) < 4.78 is 5.71. The molecule has 132 valence electrons. The molecule has 24 heavy (non-hydrogen) atoms. The van der Waals surface area contributed by atoms with E-state index in [1.807, 2.05) is 41.7 Å². The Hall–Kier alpha value is -0.760. The Morgan fingerprint density at radius 2 is 2.17 bits per heavy atom. The number of aromatic nitrogens is 1. The lowest BCUT2D eigenvalue weighted by Crippen LogP contribution is -2.54. The predicted octanol–water partition coefficient (Wildman–Crippen LogP) is 1.29. The molecule has 1 amide bonds. The van der Waals surface area contributed by atoms with Crippen molar-refractivity contribution in [3.63, 3.8) is 0 Å². The van der Waals surface area contributed by atoms with Crippen LogP contribution in [-0.4, -0.2) is 77.2 Å². The fourth-order valence-corrected chi connectivity index (χ4v) is 5.58. The zero-order valence-corrected chi connectivity index (χ0v) is 15.5. The number of thioether (sulfide) groups is 2. The van der Waals surface area contributed by atoms with Crippen LogP contribution in [0.4, 0.5) is 0 Å². The van der Waals surface area contributed by atoms with E-state index in [2.05, 4.69) is 15.2 Å². The number of nitrogens with zero attached hydrogens (tertiary/aromatic N) is 2. The number of hydrogen-bond acceptors (Lipinski definition) is 6. The molecule has 7 heteroatoms. The lowest BCUT2D eigenvalue weighted by molar-refractivity contribution is -0.139. The van der Waals surface area contributed by atoms with Gasteiger partial charge in [0.05, 0.1) is 6.61 Å². The summed E-state index contributed by atoms with van der Waals surface area (Å²) in [6.07, 6.45) is 2.18. The molecule has 1 N–H and O–H groups in total. The molecule has 3 heterocycles. The second-order valence-electron chi connectivity index (χ2n) is 6.02. The maximum atomic E-state index is 12.4. The number of amides is 1. The number of carbonyl (C=O) groups is 1. The van der Waals surface area contributed by atoms with Crippen molar-refractivity contribution < 1.29 is 9.53 Å². The van der Waals surface area contributed by atoms with Crippen LogP contribution >= 0.6 is 23.5 Å². The first-order valence-corrected chi connectivity index (χ1v) is 10.8. The Labute approximate surface area is 152 Å². The van der Waals surface area contributed by atoms with Gasteiger partial charge in [0.2, 0.25) is 5.91 Å². The van der Waals surface area contributed by atoms with Gasteiger partial charge in [-0.1, -0.05) is 6.07 Å². The molecule has 0 unspecified atom stereocenters.